The molecule has 3 amide bonds. The van der Waals surface area contributed by atoms with Gasteiger partial charge in [0.05, 0.1) is 45.4 Å². The van der Waals surface area contributed by atoms with Gasteiger partial charge in [-0.25, -0.2) is 9.97 Å². The van der Waals surface area contributed by atoms with E-state index in [1.54, 1.807) is 22.3 Å². The monoisotopic (exact) mass is 966 g/mol. The molecule has 3 aromatic carbocycles. The van der Waals surface area contributed by atoms with Crippen LogP contribution in [0.15, 0.2) is 89.4 Å². The molecule has 2 N–H and O–H groups in total. The van der Waals surface area contributed by atoms with E-state index >= 15 is 0 Å². The zero-order valence-corrected chi connectivity index (χ0v) is 41.3. The summed E-state index contributed by atoms with van der Waals surface area (Å²) in [7, 11) is 0. The van der Waals surface area contributed by atoms with Crippen LogP contribution >= 0.6 is 11.3 Å². The number of nitrogens with one attached hydrogen (secondary N) is 2. The number of aromatic nitrogens is 4. The molecule has 69 heavy (non-hydrogen) atoms. The molecule has 1 aliphatic rings. The molecule has 0 spiro atoms. The zero-order chi connectivity index (χ0) is 49.6. The number of carbonyl (C=O) groups is 3. The van der Waals surface area contributed by atoms with Crippen molar-refractivity contribution in [2.75, 3.05) is 31.2 Å². The average molecular weight is 967 g/mol. The molecule has 17 heteroatoms. The van der Waals surface area contributed by atoms with Gasteiger partial charge in [0, 0.05) is 49.0 Å². The molecule has 0 saturated carbocycles. The molecule has 7 rings (SSSR count). The second-order valence-corrected chi connectivity index (χ2v) is 19.7. The van der Waals surface area contributed by atoms with Crippen LogP contribution in [0.25, 0.3) is 27.3 Å². The van der Waals surface area contributed by atoms with Crippen LogP contribution in [0.5, 0.6) is 0 Å². The molecular formula is C52H61F3N8O5S. The van der Waals surface area contributed by atoms with Gasteiger partial charge in [0.25, 0.3) is 0 Å². The summed E-state index contributed by atoms with van der Waals surface area (Å²) in [6.07, 6.45) is 2.62. The van der Waals surface area contributed by atoms with E-state index in [0.717, 1.165) is 44.1 Å². The van der Waals surface area contributed by atoms with E-state index < -0.39 is 35.1 Å². The molecule has 4 heterocycles. The number of rotatable bonds is 18. The van der Waals surface area contributed by atoms with Crippen LogP contribution in [0.2, 0.25) is 0 Å². The van der Waals surface area contributed by atoms with Gasteiger partial charge >= 0.3 is 6.18 Å². The Morgan fingerprint density at radius 2 is 1.70 bits per heavy atom. The van der Waals surface area contributed by atoms with Gasteiger partial charge in [-0.1, -0.05) is 62.3 Å². The lowest BCUT2D eigenvalue weighted by Gasteiger charge is -2.35. The lowest BCUT2D eigenvalue weighted by atomic mass is 9.85. The summed E-state index contributed by atoms with van der Waals surface area (Å²) >= 11 is 1.58. The minimum atomic E-state index is -4.64. The first-order valence-corrected chi connectivity index (χ1v) is 24.2. The Morgan fingerprint density at radius 1 is 0.942 bits per heavy atom. The largest absolute Gasteiger partial charge is 0.418 e. The van der Waals surface area contributed by atoms with E-state index in [9.17, 15) is 27.6 Å². The van der Waals surface area contributed by atoms with E-state index in [0.29, 0.717) is 62.3 Å². The summed E-state index contributed by atoms with van der Waals surface area (Å²) in [5.74, 6) is -0.370. The number of benzene rings is 3. The lowest BCUT2D eigenvalue weighted by molar-refractivity contribution is -0.144. The molecule has 0 unspecified atom stereocenters. The number of thiazole rings is 1. The first-order valence-electron chi connectivity index (χ1n) is 23.3. The molecule has 3 atom stereocenters. The van der Waals surface area contributed by atoms with Crippen molar-refractivity contribution in [1.29, 1.82) is 0 Å². The maximum Gasteiger partial charge on any atom is 0.418 e. The van der Waals surface area contributed by atoms with Crippen LogP contribution in [0.1, 0.15) is 99.7 Å². The fourth-order valence-electron chi connectivity index (χ4n) is 8.92. The van der Waals surface area contributed by atoms with Crippen molar-refractivity contribution in [2.45, 2.75) is 112 Å². The summed E-state index contributed by atoms with van der Waals surface area (Å²) in [6, 6.07) is 16.4. The Morgan fingerprint density at radius 3 is 2.35 bits per heavy atom. The smallest absolute Gasteiger partial charge is 0.372 e. The van der Waals surface area contributed by atoms with Crippen LogP contribution in [-0.2, 0) is 25.3 Å². The number of carbonyl (C=O) groups excluding carboxylic acids is 3. The van der Waals surface area contributed by atoms with Gasteiger partial charge in [-0.2, -0.15) is 13.2 Å². The van der Waals surface area contributed by atoms with Crippen LogP contribution < -0.4 is 15.5 Å². The van der Waals surface area contributed by atoms with Crippen molar-refractivity contribution in [2.24, 2.45) is 5.41 Å². The van der Waals surface area contributed by atoms with E-state index in [-0.39, 0.29) is 36.8 Å². The van der Waals surface area contributed by atoms with Crippen LogP contribution in [0.4, 0.5) is 24.5 Å². The number of hydrogen-bond donors (Lipinski definition) is 2. The minimum absolute atomic E-state index is 0.0290. The lowest BCUT2D eigenvalue weighted by Crippen LogP contribution is -2.58. The van der Waals surface area contributed by atoms with Crippen LogP contribution in [0.3, 0.4) is 0 Å². The maximum absolute atomic E-state index is 14.7. The highest BCUT2D eigenvalue weighted by atomic mass is 32.1. The molecule has 366 valence electrons. The molecule has 13 nitrogen and oxygen atoms in total. The Balaban J connectivity index is 0.949. The number of likely N-dealkylation sites (tertiary alicyclic amines) is 1. The first kappa shape index (κ1) is 50.5. The highest BCUT2D eigenvalue weighted by molar-refractivity contribution is 7.13. The Labute approximate surface area is 405 Å². The molecule has 3 aromatic heterocycles. The van der Waals surface area contributed by atoms with Gasteiger partial charge in [0.1, 0.15) is 24.5 Å². The summed E-state index contributed by atoms with van der Waals surface area (Å²) in [5.41, 5.74) is 7.67. The summed E-state index contributed by atoms with van der Waals surface area (Å²) in [4.78, 5) is 54.1. The summed E-state index contributed by atoms with van der Waals surface area (Å²) < 4.78 is 56.6. The molecule has 6 aromatic rings. The van der Waals surface area contributed by atoms with Crippen molar-refractivity contribution in [1.82, 2.24) is 35.2 Å². The van der Waals surface area contributed by atoms with Crippen LogP contribution in [-0.4, -0.2) is 80.7 Å². The summed E-state index contributed by atoms with van der Waals surface area (Å²) in [5, 5.41) is 10.1. The fraction of sp³-hybridized carbons (Fsp3) is 0.423. The van der Waals surface area contributed by atoms with Gasteiger partial charge in [-0.15, -0.1) is 11.3 Å². The maximum atomic E-state index is 14.7. The number of hydrogen-bond acceptors (Lipinski definition) is 10. The van der Waals surface area contributed by atoms with Gasteiger partial charge in [-0.3, -0.25) is 14.4 Å². The van der Waals surface area contributed by atoms with Gasteiger partial charge in [0.15, 0.2) is 0 Å². The normalized spacial score (nSPS) is 15.0. The number of aryl methyl sites for hydroxylation is 4. The quantitative estimate of drug-likeness (QED) is 0.0803. The molecule has 0 bridgehead atoms. The van der Waals surface area contributed by atoms with E-state index in [2.05, 4.69) is 25.8 Å². The Kier molecular flexibility index (Phi) is 15.8. The van der Waals surface area contributed by atoms with Crippen molar-refractivity contribution in [3.05, 3.63) is 119 Å². The third-order valence-corrected chi connectivity index (χ3v) is 13.6. The Hall–Kier alpha value is -6.33. The summed E-state index contributed by atoms with van der Waals surface area (Å²) in [6.45, 7) is 15.9. The van der Waals surface area contributed by atoms with E-state index in [4.69, 9.17) is 9.26 Å². The fourth-order valence-corrected chi connectivity index (χ4v) is 9.73. The highest BCUT2D eigenvalue weighted by Gasteiger charge is 2.42. The number of halogens is 3. The van der Waals surface area contributed by atoms with Gasteiger partial charge in [-0.05, 0) is 119 Å². The van der Waals surface area contributed by atoms with Gasteiger partial charge in [0.2, 0.25) is 17.7 Å². The minimum Gasteiger partial charge on any atom is -0.372 e. The van der Waals surface area contributed by atoms with Crippen molar-refractivity contribution < 1.29 is 36.8 Å². The molecular weight excluding hydrogens is 906 g/mol. The first-order chi connectivity index (χ1) is 32.8. The number of imidazole rings is 1. The number of amides is 3. The SMILES string of the molecule is Cc1ccc(-c2c(C)noc2C)cc1N(CCCCCOCC(=O)N[C@H](C(=O)N1CCC[C@H]1C(=O)N[C@@H](C)c1ccc(-c2scnc2C)cc1)C(C)(C)C)c1ccc(-n2ccnc2)c(C(F)(F)F)c1. The second-order valence-electron chi connectivity index (χ2n) is 18.8. The van der Waals surface area contributed by atoms with E-state index in [1.807, 2.05) is 108 Å². The number of ether oxygens (including phenoxy) is 1. The van der Waals surface area contributed by atoms with Crippen molar-refractivity contribution in [3.8, 4) is 27.3 Å². The van der Waals surface area contributed by atoms with E-state index in [1.165, 1.54) is 35.4 Å². The molecule has 0 radical (unpaired) electrons. The molecule has 1 aliphatic heterocycles. The molecule has 1 saturated heterocycles. The third kappa shape index (κ3) is 11.9. The highest BCUT2D eigenvalue weighted by Crippen LogP contribution is 2.40. The van der Waals surface area contributed by atoms with Gasteiger partial charge < -0.3 is 34.3 Å². The average Bonchev–Trinajstić information content (AvgIpc) is 4.15. The Bertz CT molecular complexity index is 2710. The number of nitrogens with zero attached hydrogens (tertiary/aromatic N) is 6. The number of unbranched alkanes of at least 4 members (excludes halogenated alkanes) is 2. The molecule has 0 aliphatic carbocycles. The number of alkyl halides is 3. The zero-order valence-electron chi connectivity index (χ0n) is 40.4. The standard InChI is InChI=1S/C52H61F3N8O5S/c1-32-14-15-39(46-34(3)60-68-36(46)5)27-44(32)62(40-20-21-42(61-25-22-56-30-61)41(28-40)52(53,54)55)23-10-9-11-26-67-29-45(64)59-48(51(6,7)8)50(66)63-24-12-13-43(63)49(65)58-33(2)37-16-18-38(19-17-37)47-35(4)57-31-69-47/h14-22,25,27-28,30-31,33,43,48H,9-13,23-24,26,29H2,1-8H3,(H,58,65)(H,59,64)/t33-,43-,48+/m0/s1. The second kappa shape index (κ2) is 21.5. The number of anilines is 2. The third-order valence-electron chi connectivity index (χ3n) is 12.6. The predicted octanol–water partition coefficient (Wildman–Crippen LogP) is 10.6. The predicted molar refractivity (Wildman–Crippen MR) is 261 cm³/mol. The van der Waals surface area contributed by atoms with Crippen molar-refractivity contribution in [3.63, 3.8) is 0 Å². The van der Waals surface area contributed by atoms with Crippen LogP contribution in [0, 0.1) is 33.1 Å². The van der Waals surface area contributed by atoms with Crippen molar-refractivity contribution >= 4 is 40.4 Å². The topological polar surface area (TPSA) is 148 Å². The molecule has 1 fully saturated rings.